The van der Waals surface area contributed by atoms with E-state index in [4.69, 9.17) is 4.74 Å². The molecule has 3 rings (SSSR count). The van der Waals surface area contributed by atoms with Crippen LogP contribution in [0.3, 0.4) is 0 Å². The minimum Gasteiger partial charge on any atom is -0.497 e. The molecule has 0 bridgehead atoms. The Labute approximate surface area is 119 Å². The van der Waals surface area contributed by atoms with Crippen molar-refractivity contribution in [3.05, 3.63) is 42.0 Å². The van der Waals surface area contributed by atoms with Crippen LogP contribution < -0.4 is 10.1 Å². The average Bonchev–Trinajstić information content (AvgIpc) is 3.27. The van der Waals surface area contributed by atoms with E-state index < -0.39 is 0 Å². The highest BCUT2D eigenvalue weighted by molar-refractivity contribution is 5.84. The lowest BCUT2D eigenvalue weighted by atomic mass is 10.1. The van der Waals surface area contributed by atoms with Gasteiger partial charge in [-0.25, -0.2) is 0 Å². The highest BCUT2D eigenvalue weighted by Gasteiger charge is 2.41. The van der Waals surface area contributed by atoms with E-state index in [1.165, 1.54) is 16.3 Å². The lowest BCUT2D eigenvalue weighted by molar-refractivity contribution is 0.207. The molecule has 0 amide bonds. The van der Waals surface area contributed by atoms with E-state index in [0.29, 0.717) is 6.61 Å². The topological polar surface area (TPSA) is 41.5 Å². The molecule has 106 valence electrons. The summed E-state index contributed by atoms with van der Waals surface area (Å²) in [5.41, 5.74) is 1.45. The van der Waals surface area contributed by atoms with Crippen molar-refractivity contribution in [3.63, 3.8) is 0 Å². The van der Waals surface area contributed by atoms with Gasteiger partial charge in [0.15, 0.2) is 0 Å². The lowest BCUT2D eigenvalue weighted by Crippen LogP contribution is -2.26. The molecule has 2 N–H and O–H groups in total. The molecule has 3 nitrogen and oxygen atoms in total. The maximum Gasteiger partial charge on any atom is 0.119 e. The van der Waals surface area contributed by atoms with Gasteiger partial charge in [0.1, 0.15) is 5.75 Å². The van der Waals surface area contributed by atoms with Crippen LogP contribution in [0.25, 0.3) is 10.8 Å². The second kappa shape index (κ2) is 5.43. The first-order valence-electron chi connectivity index (χ1n) is 7.13. The first-order chi connectivity index (χ1) is 9.74. The normalized spacial score (nSPS) is 16.3. The van der Waals surface area contributed by atoms with Gasteiger partial charge in [0, 0.05) is 25.1 Å². The smallest absolute Gasteiger partial charge is 0.119 e. The number of fused-ring (bicyclic) bond motifs is 1. The van der Waals surface area contributed by atoms with Gasteiger partial charge in [-0.3, -0.25) is 0 Å². The molecule has 0 saturated heterocycles. The van der Waals surface area contributed by atoms with Crippen LogP contribution in [0.4, 0.5) is 0 Å². The van der Waals surface area contributed by atoms with E-state index in [1.807, 2.05) is 6.07 Å². The van der Waals surface area contributed by atoms with Crippen molar-refractivity contribution >= 4 is 10.8 Å². The summed E-state index contributed by atoms with van der Waals surface area (Å²) in [5, 5.41) is 15.2. The van der Waals surface area contributed by atoms with E-state index in [0.717, 1.165) is 31.7 Å². The van der Waals surface area contributed by atoms with E-state index in [9.17, 15) is 5.11 Å². The Bertz CT molecular complexity index is 605. The molecule has 0 aromatic heterocycles. The SMILES string of the molecule is COc1ccc2cc(CNCC3(CO)CC3)ccc2c1. The van der Waals surface area contributed by atoms with Crippen molar-refractivity contribution in [1.82, 2.24) is 5.32 Å². The quantitative estimate of drug-likeness (QED) is 0.849. The van der Waals surface area contributed by atoms with Gasteiger partial charge in [-0.2, -0.15) is 0 Å². The molecule has 0 aliphatic heterocycles. The van der Waals surface area contributed by atoms with Crippen molar-refractivity contribution in [3.8, 4) is 5.75 Å². The van der Waals surface area contributed by atoms with Gasteiger partial charge in [-0.15, -0.1) is 0 Å². The van der Waals surface area contributed by atoms with E-state index in [-0.39, 0.29) is 5.41 Å². The molecular formula is C17H21NO2. The van der Waals surface area contributed by atoms with E-state index in [1.54, 1.807) is 7.11 Å². The van der Waals surface area contributed by atoms with E-state index >= 15 is 0 Å². The summed E-state index contributed by atoms with van der Waals surface area (Å²) in [6.45, 7) is 2.06. The molecular weight excluding hydrogens is 250 g/mol. The summed E-state index contributed by atoms with van der Waals surface area (Å²) in [4.78, 5) is 0. The van der Waals surface area contributed by atoms with Crippen molar-refractivity contribution in [1.29, 1.82) is 0 Å². The predicted octanol–water partition coefficient (Wildman–Crippen LogP) is 2.71. The number of benzene rings is 2. The molecule has 0 atom stereocenters. The largest absolute Gasteiger partial charge is 0.497 e. The minimum atomic E-state index is 0.171. The summed E-state index contributed by atoms with van der Waals surface area (Å²) in [5.74, 6) is 0.891. The first-order valence-corrected chi connectivity index (χ1v) is 7.13. The molecule has 0 spiro atoms. The third kappa shape index (κ3) is 2.79. The van der Waals surface area contributed by atoms with Crippen LogP contribution in [0.2, 0.25) is 0 Å². The summed E-state index contributed by atoms with van der Waals surface area (Å²) < 4.78 is 5.24. The highest BCUT2D eigenvalue weighted by Crippen LogP contribution is 2.44. The number of ether oxygens (including phenoxy) is 1. The van der Waals surface area contributed by atoms with Crippen molar-refractivity contribution in [2.75, 3.05) is 20.3 Å². The molecule has 0 unspecified atom stereocenters. The summed E-state index contributed by atoms with van der Waals surface area (Å²) in [7, 11) is 1.69. The van der Waals surface area contributed by atoms with Gasteiger partial charge in [0.2, 0.25) is 0 Å². The minimum absolute atomic E-state index is 0.171. The maximum atomic E-state index is 9.29. The monoisotopic (exact) mass is 271 g/mol. The second-order valence-electron chi connectivity index (χ2n) is 5.81. The van der Waals surface area contributed by atoms with Crippen LogP contribution in [-0.2, 0) is 6.54 Å². The molecule has 1 fully saturated rings. The van der Waals surface area contributed by atoms with Crippen LogP contribution in [0.1, 0.15) is 18.4 Å². The first kappa shape index (κ1) is 13.4. The van der Waals surface area contributed by atoms with Crippen molar-refractivity contribution in [2.45, 2.75) is 19.4 Å². The maximum absolute atomic E-state index is 9.29. The molecule has 20 heavy (non-hydrogen) atoms. The molecule has 1 aliphatic carbocycles. The molecule has 1 saturated carbocycles. The van der Waals surface area contributed by atoms with E-state index in [2.05, 4.69) is 35.6 Å². The summed E-state index contributed by atoms with van der Waals surface area (Å²) in [6, 6.07) is 12.6. The lowest BCUT2D eigenvalue weighted by Gasteiger charge is -2.13. The Hall–Kier alpha value is -1.58. The molecule has 1 aliphatic rings. The third-order valence-corrected chi connectivity index (χ3v) is 4.23. The number of hydrogen-bond acceptors (Lipinski definition) is 3. The molecule has 0 heterocycles. The fourth-order valence-corrected chi connectivity index (χ4v) is 2.55. The Balaban J connectivity index is 1.66. The van der Waals surface area contributed by atoms with Crippen LogP contribution in [0, 0.1) is 5.41 Å². The number of hydrogen-bond donors (Lipinski definition) is 2. The van der Waals surface area contributed by atoms with Gasteiger partial charge in [0.05, 0.1) is 7.11 Å². The Kier molecular flexibility index (Phi) is 3.64. The summed E-state index contributed by atoms with van der Waals surface area (Å²) in [6.07, 6.45) is 2.29. The Morgan fingerprint density at radius 3 is 2.60 bits per heavy atom. The molecule has 2 aromatic carbocycles. The molecule has 3 heteroatoms. The molecule has 0 radical (unpaired) electrons. The zero-order chi connectivity index (χ0) is 14.0. The number of rotatable bonds is 6. The van der Waals surface area contributed by atoms with Crippen molar-refractivity contribution in [2.24, 2.45) is 5.41 Å². The number of aliphatic hydroxyl groups excluding tert-OH is 1. The second-order valence-corrected chi connectivity index (χ2v) is 5.81. The fraction of sp³-hybridized carbons (Fsp3) is 0.412. The van der Waals surface area contributed by atoms with Gasteiger partial charge in [0.25, 0.3) is 0 Å². The van der Waals surface area contributed by atoms with Gasteiger partial charge >= 0.3 is 0 Å². The highest BCUT2D eigenvalue weighted by atomic mass is 16.5. The Morgan fingerprint density at radius 2 is 1.90 bits per heavy atom. The van der Waals surface area contributed by atoms with Gasteiger partial charge < -0.3 is 15.2 Å². The fourth-order valence-electron chi connectivity index (χ4n) is 2.55. The third-order valence-electron chi connectivity index (χ3n) is 4.23. The van der Waals surface area contributed by atoms with Crippen LogP contribution in [-0.4, -0.2) is 25.4 Å². The van der Waals surface area contributed by atoms with Crippen molar-refractivity contribution < 1.29 is 9.84 Å². The summed E-state index contributed by atoms with van der Waals surface area (Å²) >= 11 is 0. The van der Waals surface area contributed by atoms with Crippen LogP contribution in [0.5, 0.6) is 5.75 Å². The van der Waals surface area contributed by atoms with Gasteiger partial charge in [-0.05, 0) is 47.4 Å². The average molecular weight is 271 g/mol. The zero-order valence-corrected chi connectivity index (χ0v) is 11.9. The standard InChI is InChI=1S/C17H21NO2/c1-20-16-5-4-14-8-13(2-3-15(14)9-16)10-18-11-17(12-19)6-7-17/h2-5,8-9,18-19H,6-7,10-12H2,1H3. The predicted molar refractivity (Wildman–Crippen MR) is 81.0 cm³/mol. The number of methoxy groups -OCH3 is 1. The van der Waals surface area contributed by atoms with Crippen LogP contribution in [0.15, 0.2) is 36.4 Å². The Morgan fingerprint density at radius 1 is 1.15 bits per heavy atom. The van der Waals surface area contributed by atoms with Gasteiger partial charge in [-0.1, -0.05) is 18.2 Å². The molecule has 2 aromatic rings. The number of nitrogens with one attached hydrogen (secondary N) is 1. The zero-order valence-electron chi connectivity index (χ0n) is 11.9. The van der Waals surface area contributed by atoms with Crippen LogP contribution >= 0.6 is 0 Å². The number of aliphatic hydroxyl groups is 1.